The van der Waals surface area contributed by atoms with Gasteiger partial charge in [0.25, 0.3) is 0 Å². The Morgan fingerprint density at radius 2 is 1.94 bits per heavy atom. The second-order valence-corrected chi connectivity index (χ2v) is 6.26. The van der Waals surface area contributed by atoms with Crippen molar-refractivity contribution in [3.05, 3.63) is 29.8 Å². The van der Waals surface area contributed by atoms with Crippen LogP contribution in [0.2, 0.25) is 0 Å². The van der Waals surface area contributed by atoms with Crippen molar-refractivity contribution in [3.8, 4) is 0 Å². The van der Waals surface area contributed by atoms with Gasteiger partial charge in [-0.15, -0.1) is 0 Å². The van der Waals surface area contributed by atoms with Crippen LogP contribution in [-0.4, -0.2) is 6.21 Å². The molecule has 0 bridgehead atoms. The Morgan fingerprint density at radius 1 is 1.22 bits per heavy atom. The molecule has 1 heterocycles. The fourth-order valence-electron chi connectivity index (χ4n) is 2.71. The first-order valence-corrected chi connectivity index (χ1v) is 7.17. The van der Waals surface area contributed by atoms with Crippen LogP contribution in [0.1, 0.15) is 58.4 Å². The number of fused-ring (bicyclic) bond motifs is 1. The SMILES string of the molecule is CCC(C)(C)C1C=Nc2ccccc2C(C)CC1. The van der Waals surface area contributed by atoms with E-state index < -0.39 is 0 Å². The van der Waals surface area contributed by atoms with Crippen molar-refractivity contribution in [1.82, 2.24) is 0 Å². The summed E-state index contributed by atoms with van der Waals surface area (Å²) in [5.74, 6) is 1.21. The summed E-state index contributed by atoms with van der Waals surface area (Å²) in [6.45, 7) is 9.34. The van der Waals surface area contributed by atoms with Crippen LogP contribution >= 0.6 is 0 Å². The second kappa shape index (κ2) is 5.26. The van der Waals surface area contributed by atoms with E-state index in [1.807, 2.05) is 0 Å². The predicted molar refractivity (Wildman–Crippen MR) is 79.8 cm³/mol. The Hall–Kier alpha value is -1.11. The molecule has 2 atom stereocenters. The zero-order chi connectivity index (χ0) is 13.2. The lowest BCUT2D eigenvalue weighted by Gasteiger charge is -2.33. The molecular formula is C17H25N. The standard InChI is InChI=1S/C17H25N/c1-5-17(3,4)14-11-10-13(2)15-8-6-7-9-16(15)18-12-14/h6-9,12-14H,5,10-11H2,1-4H3. The fourth-order valence-corrected chi connectivity index (χ4v) is 2.71. The van der Waals surface area contributed by atoms with Crippen molar-refractivity contribution < 1.29 is 0 Å². The molecule has 2 rings (SSSR count). The molecule has 1 nitrogen and oxygen atoms in total. The summed E-state index contributed by atoms with van der Waals surface area (Å²) in [5.41, 5.74) is 2.93. The molecule has 0 saturated heterocycles. The van der Waals surface area contributed by atoms with E-state index in [0.29, 0.717) is 17.3 Å². The minimum Gasteiger partial charge on any atom is -0.261 e. The molecule has 0 aromatic heterocycles. The number of hydrogen-bond acceptors (Lipinski definition) is 1. The van der Waals surface area contributed by atoms with Crippen LogP contribution < -0.4 is 0 Å². The van der Waals surface area contributed by atoms with Gasteiger partial charge in [0.2, 0.25) is 0 Å². The number of nitrogens with zero attached hydrogens (tertiary/aromatic N) is 1. The minimum absolute atomic E-state index is 0.357. The summed E-state index contributed by atoms with van der Waals surface area (Å²) in [6.07, 6.45) is 5.92. The number of benzene rings is 1. The van der Waals surface area contributed by atoms with Crippen LogP contribution in [0, 0.1) is 11.3 Å². The highest BCUT2D eigenvalue weighted by atomic mass is 14.7. The maximum absolute atomic E-state index is 4.77. The topological polar surface area (TPSA) is 12.4 Å². The lowest BCUT2D eigenvalue weighted by atomic mass is 9.73. The zero-order valence-corrected chi connectivity index (χ0v) is 12.1. The normalized spacial score (nSPS) is 24.2. The summed E-state index contributed by atoms with van der Waals surface area (Å²) in [5, 5.41) is 0. The molecule has 98 valence electrons. The van der Waals surface area contributed by atoms with Gasteiger partial charge in [-0.3, -0.25) is 4.99 Å². The molecule has 0 fully saturated rings. The molecular weight excluding hydrogens is 218 g/mol. The first-order valence-electron chi connectivity index (χ1n) is 7.17. The Morgan fingerprint density at radius 3 is 2.67 bits per heavy atom. The van der Waals surface area contributed by atoms with Crippen molar-refractivity contribution in [3.63, 3.8) is 0 Å². The fraction of sp³-hybridized carbons (Fsp3) is 0.588. The lowest BCUT2D eigenvalue weighted by Crippen LogP contribution is -2.25. The van der Waals surface area contributed by atoms with E-state index in [0.717, 1.165) is 0 Å². The van der Waals surface area contributed by atoms with Gasteiger partial charge in [0, 0.05) is 6.21 Å². The molecule has 0 N–H and O–H groups in total. The first kappa shape index (κ1) is 13.3. The molecule has 0 radical (unpaired) electrons. The highest BCUT2D eigenvalue weighted by Gasteiger charge is 2.28. The number of para-hydroxylation sites is 1. The van der Waals surface area contributed by atoms with Gasteiger partial charge < -0.3 is 0 Å². The van der Waals surface area contributed by atoms with Crippen molar-refractivity contribution in [2.24, 2.45) is 16.3 Å². The highest BCUT2D eigenvalue weighted by molar-refractivity contribution is 5.68. The smallest absolute Gasteiger partial charge is 0.0660 e. The third kappa shape index (κ3) is 2.66. The Kier molecular flexibility index (Phi) is 3.89. The zero-order valence-electron chi connectivity index (χ0n) is 12.1. The molecule has 0 saturated carbocycles. The molecule has 0 spiro atoms. The second-order valence-electron chi connectivity index (χ2n) is 6.26. The van der Waals surface area contributed by atoms with Gasteiger partial charge in [-0.2, -0.15) is 0 Å². The molecule has 0 amide bonds. The minimum atomic E-state index is 0.357. The van der Waals surface area contributed by atoms with Crippen LogP contribution in [0.3, 0.4) is 0 Å². The van der Waals surface area contributed by atoms with E-state index in [-0.39, 0.29) is 0 Å². The number of hydrogen-bond donors (Lipinski definition) is 0. The van der Waals surface area contributed by atoms with E-state index in [1.54, 1.807) is 0 Å². The van der Waals surface area contributed by atoms with Gasteiger partial charge >= 0.3 is 0 Å². The molecule has 18 heavy (non-hydrogen) atoms. The maximum atomic E-state index is 4.77. The van der Waals surface area contributed by atoms with E-state index in [1.165, 1.54) is 30.5 Å². The van der Waals surface area contributed by atoms with Crippen molar-refractivity contribution in [2.45, 2.75) is 52.9 Å². The van der Waals surface area contributed by atoms with Gasteiger partial charge in [0.1, 0.15) is 0 Å². The van der Waals surface area contributed by atoms with Gasteiger partial charge in [0.05, 0.1) is 5.69 Å². The van der Waals surface area contributed by atoms with E-state index in [4.69, 9.17) is 4.99 Å². The third-order valence-electron chi connectivity index (χ3n) is 4.69. The molecule has 0 aliphatic carbocycles. The third-order valence-corrected chi connectivity index (χ3v) is 4.69. The highest BCUT2D eigenvalue weighted by Crippen LogP contribution is 2.38. The maximum Gasteiger partial charge on any atom is 0.0660 e. The largest absolute Gasteiger partial charge is 0.261 e. The molecule has 1 heteroatoms. The molecule has 1 aromatic rings. The summed E-state index contributed by atoms with van der Waals surface area (Å²) in [7, 11) is 0. The van der Waals surface area contributed by atoms with Crippen molar-refractivity contribution >= 4 is 11.9 Å². The molecule has 2 unspecified atom stereocenters. The average molecular weight is 243 g/mol. The van der Waals surface area contributed by atoms with E-state index in [9.17, 15) is 0 Å². The van der Waals surface area contributed by atoms with Gasteiger partial charge in [-0.1, -0.05) is 52.3 Å². The Labute approximate surface area is 111 Å². The summed E-state index contributed by atoms with van der Waals surface area (Å²) in [4.78, 5) is 4.77. The molecule has 1 aliphatic rings. The van der Waals surface area contributed by atoms with Crippen molar-refractivity contribution in [2.75, 3.05) is 0 Å². The van der Waals surface area contributed by atoms with Crippen LogP contribution in [0.4, 0.5) is 5.69 Å². The van der Waals surface area contributed by atoms with Crippen LogP contribution in [0.15, 0.2) is 29.3 Å². The molecule has 1 aliphatic heterocycles. The number of rotatable bonds is 2. The summed E-state index contributed by atoms with van der Waals surface area (Å²) >= 11 is 0. The van der Waals surface area contributed by atoms with Crippen molar-refractivity contribution in [1.29, 1.82) is 0 Å². The summed E-state index contributed by atoms with van der Waals surface area (Å²) in [6, 6.07) is 8.58. The summed E-state index contributed by atoms with van der Waals surface area (Å²) < 4.78 is 0. The molecule has 1 aromatic carbocycles. The Balaban J connectivity index is 2.33. The first-order chi connectivity index (χ1) is 8.54. The van der Waals surface area contributed by atoms with Crippen LogP contribution in [-0.2, 0) is 0 Å². The monoisotopic (exact) mass is 243 g/mol. The predicted octanol–water partition coefficient (Wildman–Crippen LogP) is 5.34. The van der Waals surface area contributed by atoms with Crippen LogP contribution in [0.25, 0.3) is 0 Å². The quantitative estimate of drug-likeness (QED) is 0.665. The van der Waals surface area contributed by atoms with E-state index >= 15 is 0 Å². The van der Waals surface area contributed by atoms with Crippen LogP contribution in [0.5, 0.6) is 0 Å². The lowest BCUT2D eigenvalue weighted by molar-refractivity contribution is 0.251. The number of aliphatic imine (C=N–C) groups is 1. The average Bonchev–Trinajstić information content (AvgIpc) is 2.36. The van der Waals surface area contributed by atoms with Gasteiger partial charge in [-0.05, 0) is 41.7 Å². The van der Waals surface area contributed by atoms with Gasteiger partial charge in [0.15, 0.2) is 0 Å². The Bertz CT molecular complexity index is 431. The van der Waals surface area contributed by atoms with E-state index in [2.05, 4.69) is 58.2 Å². The van der Waals surface area contributed by atoms with Gasteiger partial charge in [-0.25, -0.2) is 0 Å².